The Morgan fingerprint density at radius 1 is 0.900 bits per heavy atom. The van der Waals surface area contributed by atoms with Crippen LogP contribution in [0.25, 0.3) is 0 Å². The molecule has 0 fully saturated rings. The summed E-state index contributed by atoms with van der Waals surface area (Å²) in [6, 6.07) is 11.5. The molecule has 0 aromatic heterocycles. The number of hydrogen-bond donors (Lipinski definition) is 1. The van der Waals surface area contributed by atoms with Crippen LogP contribution in [0.5, 0.6) is 0 Å². The Hall–Kier alpha value is -0.250. The van der Waals surface area contributed by atoms with Crippen molar-refractivity contribution in [3.05, 3.63) is 67.1 Å². The molecular weight excluding hydrogens is 380 g/mol. The molecule has 0 aliphatic carbocycles. The van der Waals surface area contributed by atoms with E-state index in [-0.39, 0.29) is 0 Å². The van der Waals surface area contributed by atoms with Crippen LogP contribution in [0.4, 0.5) is 0 Å². The van der Waals surface area contributed by atoms with Gasteiger partial charge in [-0.15, -0.1) is 0 Å². The highest BCUT2D eigenvalue weighted by Crippen LogP contribution is 2.22. The minimum atomic E-state index is 0.661. The first-order valence-corrected chi connectivity index (χ1v) is 8.07. The molecule has 106 valence electrons. The van der Waals surface area contributed by atoms with E-state index in [2.05, 4.69) is 21.2 Å². The van der Waals surface area contributed by atoms with Crippen LogP contribution in [0.3, 0.4) is 0 Å². The van der Waals surface area contributed by atoms with Crippen molar-refractivity contribution in [1.82, 2.24) is 5.32 Å². The van der Waals surface area contributed by atoms with Gasteiger partial charge in [-0.25, -0.2) is 0 Å². The lowest BCUT2D eigenvalue weighted by atomic mass is 10.1. The van der Waals surface area contributed by atoms with Crippen molar-refractivity contribution >= 4 is 50.7 Å². The minimum absolute atomic E-state index is 0.661. The van der Waals surface area contributed by atoms with Crippen LogP contribution in [0.1, 0.15) is 11.1 Å². The van der Waals surface area contributed by atoms with E-state index in [9.17, 15) is 0 Å². The second-order valence-corrected chi connectivity index (χ2v) is 6.56. The topological polar surface area (TPSA) is 12.0 Å². The molecule has 0 bridgehead atoms. The van der Waals surface area contributed by atoms with Gasteiger partial charge in [0.25, 0.3) is 0 Å². The maximum absolute atomic E-state index is 6.16. The van der Waals surface area contributed by atoms with Crippen LogP contribution in [-0.2, 0) is 13.0 Å². The summed E-state index contributed by atoms with van der Waals surface area (Å²) in [4.78, 5) is 0. The third kappa shape index (κ3) is 4.64. The van der Waals surface area contributed by atoms with E-state index in [1.54, 1.807) is 6.07 Å². The molecule has 2 aromatic rings. The summed E-state index contributed by atoms with van der Waals surface area (Å²) in [5, 5.41) is 5.49. The first-order valence-electron chi connectivity index (χ1n) is 6.15. The monoisotopic (exact) mass is 391 g/mol. The van der Waals surface area contributed by atoms with Crippen molar-refractivity contribution < 1.29 is 0 Å². The zero-order valence-electron chi connectivity index (χ0n) is 10.6. The van der Waals surface area contributed by atoms with Gasteiger partial charge in [0.2, 0.25) is 0 Å². The van der Waals surface area contributed by atoms with Gasteiger partial charge in [0.1, 0.15) is 0 Å². The molecule has 5 heteroatoms. The fourth-order valence-electron chi connectivity index (χ4n) is 1.84. The molecule has 1 N–H and O–H groups in total. The second-order valence-electron chi connectivity index (χ2n) is 4.40. The van der Waals surface area contributed by atoms with E-state index in [0.29, 0.717) is 10.0 Å². The SMILES string of the molecule is Clc1ccc(CCNCc2ccc(Br)cc2Cl)c(Cl)c1. The van der Waals surface area contributed by atoms with Crippen molar-refractivity contribution in [1.29, 1.82) is 0 Å². The highest BCUT2D eigenvalue weighted by atomic mass is 79.9. The quantitative estimate of drug-likeness (QED) is 0.639. The van der Waals surface area contributed by atoms with E-state index >= 15 is 0 Å². The van der Waals surface area contributed by atoms with Gasteiger partial charge in [-0.05, 0) is 48.4 Å². The number of hydrogen-bond acceptors (Lipinski definition) is 1. The van der Waals surface area contributed by atoms with Crippen LogP contribution in [0.2, 0.25) is 15.1 Å². The number of benzene rings is 2. The first-order chi connectivity index (χ1) is 9.56. The summed E-state index contributed by atoms with van der Waals surface area (Å²) >= 11 is 21.6. The molecule has 0 amide bonds. The van der Waals surface area contributed by atoms with Gasteiger partial charge in [-0.2, -0.15) is 0 Å². The zero-order chi connectivity index (χ0) is 14.5. The summed E-state index contributed by atoms with van der Waals surface area (Å²) in [7, 11) is 0. The molecule has 0 saturated heterocycles. The predicted octanol–water partition coefficient (Wildman–Crippen LogP) is 5.74. The Morgan fingerprint density at radius 3 is 2.30 bits per heavy atom. The molecule has 2 aromatic carbocycles. The summed E-state index contributed by atoms with van der Waals surface area (Å²) in [6.45, 7) is 1.56. The Kier molecular flexibility index (Phi) is 6.19. The third-order valence-electron chi connectivity index (χ3n) is 2.92. The third-order valence-corrected chi connectivity index (χ3v) is 4.35. The smallest absolute Gasteiger partial charge is 0.0462 e. The van der Waals surface area contributed by atoms with Gasteiger partial charge < -0.3 is 5.32 Å². The average molecular weight is 394 g/mol. The average Bonchev–Trinajstić information content (AvgIpc) is 2.39. The van der Waals surface area contributed by atoms with Crippen LogP contribution in [-0.4, -0.2) is 6.54 Å². The highest BCUT2D eigenvalue weighted by Gasteiger charge is 2.03. The summed E-state index contributed by atoms with van der Waals surface area (Å²) in [5.41, 5.74) is 2.17. The molecule has 0 heterocycles. The molecule has 0 aliphatic heterocycles. The number of rotatable bonds is 5. The lowest BCUT2D eigenvalue weighted by Gasteiger charge is -2.08. The molecule has 0 saturated carbocycles. The lowest BCUT2D eigenvalue weighted by Crippen LogP contribution is -2.17. The van der Waals surface area contributed by atoms with Crippen LogP contribution in [0.15, 0.2) is 40.9 Å². The van der Waals surface area contributed by atoms with Gasteiger partial charge in [-0.3, -0.25) is 0 Å². The van der Waals surface area contributed by atoms with Crippen molar-refractivity contribution in [3.8, 4) is 0 Å². The van der Waals surface area contributed by atoms with Crippen molar-refractivity contribution in [2.75, 3.05) is 6.54 Å². The van der Waals surface area contributed by atoms with E-state index in [1.807, 2.05) is 30.3 Å². The fourth-order valence-corrected chi connectivity index (χ4v) is 3.08. The first kappa shape index (κ1) is 16.1. The lowest BCUT2D eigenvalue weighted by molar-refractivity contribution is 0.687. The van der Waals surface area contributed by atoms with Crippen LogP contribution in [0, 0.1) is 0 Å². The Labute approximate surface area is 142 Å². The summed E-state index contributed by atoms with van der Waals surface area (Å²) in [6.07, 6.45) is 0.851. The highest BCUT2D eigenvalue weighted by molar-refractivity contribution is 9.10. The van der Waals surface area contributed by atoms with E-state index in [0.717, 1.165) is 40.1 Å². The number of halogens is 4. The fraction of sp³-hybridized carbons (Fsp3) is 0.200. The minimum Gasteiger partial charge on any atom is -0.312 e. The van der Waals surface area contributed by atoms with Gasteiger partial charge in [0.15, 0.2) is 0 Å². The van der Waals surface area contributed by atoms with Crippen LogP contribution >= 0.6 is 50.7 Å². The van der Waals surface area contributed by atoms with E-state index < -0.39 is 0 Å². The van der Waals surface area contributed by atoms with E-state index in [4.69, 9.17) is 34.8 Å². The maximum Gasteiger partial charge on any atom is 0.0462 e. The molecule has 20 heavy (non-hydrogen) atoms. The Morgan fingerprint density at radius 2 is 1.60 bits per heavy atom. The number of nitrogens with one attached hydrogen (secondary N) is 1. The molecule has 0 unspecified atom stereocenters. The molecular formula is C15H13BrCl3N. The molecule has 0 radical (unpaired) electrons. The summed E-state index contributed by atoms with van der Waals surface area (Å²) in [5.74, 6) is 0. The predicted molar refractivity (Wildman–Crippen MR) is 91.0 cm³/mol. The van der Waals surface area contributed by atoms with E-state index in [1.165, 1.54) is 0 Å². The van der Waals surface area contributed by atoms with Crippen molar-refractivity contribution in [2.45, 2.75) is 13.0 Å². The van der Waals surface area contributed by atoms with Crippen molar-refractivity contribution in [2.24, 2.45) is 0 Å². The standard InChI is InChI=1S/C15H13BrCl3N/c16-12-3-1-11(14(18)7-12)9-20-6-5-10-2-4-13(17)8-15(10)19/h1-4,7-8,20H,5-6,9H2. The Balaban J connectivity index is 1.84. The Bertz CT molecular complexity index is 548. The molecule has 2 rings (SSSR count). The zero-order valence-corrected chi connectivity index (χ0v) is 14.5. The normalized spacial score (nSPS) is 10.8. The van der Waals surface area contributed by atoms with Crippen molar-refractivity contribution in [3.63, 3.8) is 0 Å². The molecule has 0 aliphatic rings. The van der Waals surface area contributed by atoms with Gasteiger partial charge in [-0.1, -0.05) is 62.9 Å². The summed E-state index contributed by atoms with van der Waals surface area (Å²) < 4.78 is 0.985. The van der Waals surface area contributed by atoms with Gasteiger partial charge >= 0.3 is 0 Å². The molecule has 0 spiro atoms. The molecule has 0 atom stereocenters. The maximum atomic E-state index is 6.16. The van der Waals surface area contributed by atoms with Crippen LogP contribution < -0.4 is 5.32 Å². The second kappa shape index (κ2) is 7.67. The van der Waals surface area contributed by atoms with Gasteiger partial charge in [0.05, 0.1) is 0 Å². The largest absolute Gasteiger partial charge is 0.312 e. The molecule has 1 nitrogen and oxygen atoms in total. The van der Waals surface area contributed by atoms with Gasteiger partial charge in [0, 0.05) is 26.1 Å².